The lowest BCUT2D eigenvalue weighted by Crippen LogP contribution is -2.40. The lowest BCUT2D eigenvalue weighted by atomic mass is 10.1. The molecule has 2 unspecified atom stereocenters. The van der Waals surface area contributed by atoms with Gasteiger partial charge in [-0.15, -0.1) is 0 Å². The van der Waals surface area contributed by atoms with Crippen LogP contribution >= 0.6 is 0 Å². The third-order valence-corrected chi connectivity index (χ3v) is 3.30. The third-order valence-electron chi connectivity index (χ3n) is 3.30. The molecule has 1 aliphatic heterocycles. The van der Waals surface area contributed by atoms with Crippen LogP contribution in [0.5, 0.6) is 0 Å². The predicted octanol–water partition coefficient (Wildman–Crippen LogP) is 2.49. The van der Waals surface area contributed by atoms with Crippen LogP contribution in [0, 0.1) is 5.92 Å². The van der Waals surface area contributed by atoms with Gasteiger partial charge >= 0.3 is 0 Å². The molecule has 2 atom stereocenters. The van der Waals surface area contributed by atoms with Crippen LogP contribution in [0.15, 0.2) is 0 Å². The van der Waals surface area contributed by atoms with E-state index in [-0.39, 0.29) is 5.54 Å². The third kappa shape index (κ3) is 4.98. The zero-order valence-corrected chi connectivity index (χ0v) is 11.1. The fourth-order valence-corrected chi connectivity index (χ4v) is 2.21. The molecule has 0 saturated carbocycles. The fraction of sp³-hybridized carbons (Fsp3) is 1.00. The molecule has 0 radical (unpaired) electrons. The molecule has 1 N–H and O–H groups in total. The van der Waals surface area contributed by atoms with Gasteiger partial charge in [-0.1, -0.05) is 6.92 Å². The molecule has 15 heavy (non-hydrogen) atoms. The summed E-state index contributed by atoms with van der Waals surface area (Å²) in [6.45, 7) is 15.2. The van der Waals surface area contributed by atoms with Crippen molar-refractivity contribution in [2.45, 2.75) is 59.0 Å². The van der Waals surface area contributed by atoms with Crippen LogP contribution < -0.4 is 5.32 Å². The first-order chi connectivity index (χ1) is 6.88. The van der Waals surface area contributed by atoms with E-state index in [2.05, 4.69) is 44.8 Å². The van der Waals surface area contributed by atoms with E-state index in [4.69, 9.17) is 0 Å². The number of nitrogens with zero attached hydrogens (tertiary/aromatic N) is 1. The van der Waals surface area contributed by atoms with Gasteiger partial charge in [0.2, 0.25) is 0 Å². The van der Waals surface area contributed by atoms with Crippen LogP contribution in [0.3, 0.4) is 0 Å². The molecule has 0 spiro atoms. The largest absolute Gasteiger partial charge is 0.312 e. The summed E-state index contributed by atoms with van der Waals surface area (Å²) in [5, 5.41) is 3.56. The Bertz CT molecular complexity index is 183. The maximum Gasteiger partial charge on any atom is 0.00965 e. The first-order valence-electron chi connectivity index (χ1n) is 6.37. The Kier molecular flexibility index (Phi) is 4.60. The van der Waals surface area contributed by atoms with Crippen molar-refractivity contribution in [1.29, 1.82) is 0 Å². The lowest BCUT2D eigenvalue weighted by Gasteiger charge is -2.26. The molecule has 0 aromatic rings. The molecule has 0 amide bonds. The van der Waals surface area contributed by atoms with Gasteiger partial charge < -0.3 is 10.2 Å². The molecule has 0 aliphatic carbocycles. The van der Waals surface area contributed by atoms with Gasteiger partial charge in [-0.2, -0.15) is 0 Å². The highest BCUT2D eigenvalue weighted by molar-refractivity contribution is 4.78. The summed E-state index contributed by atoms with van der Waals surface area (Å²) >= 11 is 0. The molecule has 2 nitrogen and oxygen atoms in total. The SMILES string of the molecule is CC1CCN(C(C)CCNC(C)(C)C)C1. The number of hydrogen-bond acceptors (Lipinski definition) is 2. The standard InChI is InChI=1S/C13H28N2/c1-11-7-9-15(10-11)12(2)6-8-14-13(3,4)5/h11-12,14H,6-10H2,1-5H3. The van der Waals surface area contributed by atoms with Crippen molar-refractivity contribution in [2.24, 2.45) is 5.92 Å². The van der Waals surface area contributed by atoms with E-state index in [0.29, 0.717) is 0 Å². The Morgan fingerprint density at radius 1 is 1.40 bits per heavy atom. The number of hydrogen-bond donors (Lipinski definition) is 1. The van der Waals surface area contributed by atoms with E-state index in [9.17, 15) is 0 Å². The highest BCUT2D eigenvalue weighted by Gasteiger charge is 2.22. The van der Waals surface area contributed by atoms with Crippen LogP contribution in [0.25, 0.3) is 0 Å². The summed E-state index contributed by atoms with van der Waals surface area (Å²) < 4.78 is 0. The normalized spacial score (nSPS) is 25.8. The van der Waals surface area contributed by atoms with E-state index < -0.39 is 0 Å². The summed E-state index contributed by atoms with van der Waals surface area (Å²) in [6, 6.07) is 0.741. The first kappa shape index (κ1) is 13.0. The molecule has 0 aromatic carbocycles. The van der Waals surface area contributed by atoms with Crippen molar-refractivity contribution in [2.75, 3.05) is 19.6 Å². The first-order valence-corrected chi connectivity index (χ1v) is 6.37. The predicted molar refractivity (Wildman–Crippen MR) is 67.2 cm³/mol. The Hall–Kier alpha value is -0.0800. The molecule has 1 fully saturated rings. The molecule has 90 valence electrons. The van der Waals surface area contributed by atoms with Crippen LogP contribution in [0.1, 0.15) is 47.5 Å². The highest BCUT2D eigenvalue weighted by Crippen LogP contribution is 2.18. The van der Waals surface area contributed by atoms with Gasteiger partial charge in [0, 0.05) is 18.1 Å². The minimum absolute atomic E-state index is 0.262. The highest BCUT2D eigenvalue weighted by atomic mass is 15.2. The average Bonchev–Trinajstić information content (AvgIpc) is 2.49. The lowest BCUT2D eigenvalue weighted by molar-refractivity contribution is 0.233. The fourth-order valence-electron chi connectivity index (χ4n) is 2.21. The zero-order chi connectivity index (χ0) is 11.5. The molecule has 2 heteroatoms. The van der Waals surface area contributed by atoms with E-state index >= 15 is 0 Å². The van der Waals surface area contributed by atoms with Gasteiger partial charge in [0.25, 0.3) is 0 Å². The number of likely N-dealkylation sites (tertiary alicyclic amines) is 1. The number of rotatable bonds is 4. The Morgan fingerprint density at radius 2 is 2.07 bits per heavy atom. The molecular weight excluding hydrogens is 184 g/mol. The summed E-state index contributed by atoms with van der Waals surface area (Å²) in [4.78, 5) is 2.63. The van der Waals surface area contributed by atoms with Crippen molar-refractivity contribution < 1.29 is 0 Å². The second-order valence-electron chi connectivity index (χ2n) is 6.20. The second kappa shape index (κ2) is 5.31. The average molecular weight is 212 g/mol. The smallest absolute Gasteiger partial charge is 0.00965 e. The molecule has 0 bridgehead atoms. The van der Waals surface area contributed by atoms with Crippen molar-refractivity contribution in [3.63, 3.8) is 0 Å². The minimum atomic E-state index is 0.262. The number of nitrogens with one attached hydrogen (secondary N) is 1. The summed E-state index contributed by atoms with van der Waals surface area (Å²) in [6.07, 6.45) is 2.65. The van der Waals surface area contributed by atoms with E-state index in [1.54, 1.807) is 0 Å². The Balaban J connectivity index is 2.16. The second-order valence-corrected chi connectivity index (χ2v) is 6.20. The maximum absolute atomic E-state index is 3.56. The van der Waals surface area contributed by atoms with Crippen LogP contribution in [0.2, 0.25) is 0 Å². The summed E-state index contributed by atoms with van der Waals surface area (Å²) in [5.41, 5.74) is 0.262. The van der Waals surface area contributed by atoms with Crippen molar-refractivity contribution in [3.8, 4) is 0 Å². The monoisotopic (exact) mass is 212 g/mol. The Morgan fingerprint density at radius 3 is 2.53 bits per heavy atom. The van der Waals surface area contributed by atoms with Gasteiger partial charge in [-0.3, -0.25) is 0 Å². The van der Waals surface area contributed by atoms with Gasteiger partial charge in [-0.05, 0) is 59.5 Å². The van der Waals surface area contributed by atoms with Crippen molar-refractivity contribution >= 4 is 0 Å². The van der Waals surface area contributed by atoms with Crippen LogP contribution in [-0.4, -0.2) is 36.1 Å². The van der Waals surface area contributed by atoms with Crippen molar-refractivity contribution in [3.05, 3.63) is 0 Å². The van der Waals surface area contributed by atoms with Gasteiger partial charge in [0.1, 0.15) is 0 Å². The van der Waals surface area contributed by atoms with Gasteiger partial charge in [0.15, 0.2) is 0 Å². The zero-order valence-electron chi connectivity index (χ0n) is 11.1. The topological polar surface area (TPSA) is 15.3 Å². The molecule has 1 rings (SSSR count). The van der Waals surface area contributed by atoms with E-state index in [1.807, 2.05) is 0 Å². The van der Waals surface area contributed by atoms with E-state index in [1.165, 1.54) is 25.9 Å². The van der Waals surface area contributed by atoms with E-state index in [0.717, 1.165) is 18.5 Å². The Labute approximate surface area is 95.4 Å². The van der Waals surface area contributed by atoms with Crippen LogP contribution in [-0.2, 0) is 0 Å². The minimum Gasteiger partial charge on any atom is -0.312 e. The van der Waals surface area contributed by atoms with Crippen molar-refractivity contribution in [1.82, 2.24) is 10.2 Å². The maximum atomic E-state index is 3.56. The molecule has 1 heterocycles. The summed E-state index contributed by atoms with van der Waals surface area (Å²) in [5.74, 6) is 0.906. The molecule has 1 aliphatic rings. The quantitative estimate of drug-likeness (QED) is 0.770. The van der Waals surface area contributed by atoms with Crippen LogP contribution in [0.4, 0.5) is 0 Å². The summed E-state index contributed by atoms with van der Waals surface area (Å²) in [7, 11) is 0. The van der Waals surface area contributed by atoms with Gasteiger partial charge in [0.05, 0.1) is 0 Å². The van der Waals surface area contributed by atoms with Gasteiger partial charge in [-0.25, -0.2) is 0 Å². The molecule has 1 saturated heterocycles. The molecule has 0 aromatic heterocycles. The molecular formula is C13H28N2.